The molecule has 114 valence electrons. The summed E-state index contributed by atoms with van der Waals surface area (Å²) in [6, 6.07) is 3.78. The first kappa shape index (κ1) is 15.6. The Morgan fingerprint density at radius 3 is 2.52 bits per heavy atom. The van der Waals surface area contributed by atoms with Crippen LogP contribution in [0.15, 0.2) is 12.1 Å². The third kappa shape index (κ3) is 3.85. The Morgan fingerprint density at radius 2 is 1.95 bits per heavy atom. The van der Waals surface area contributed by atoms with E-state index in [4.69, 9.17) is 11.0 Å². The molecule has 0 spiro atoms. The van der Waals surface area contributed by atoms with Crippen molar-refractivity contribution in [3.63, 3.8) is 0 Å². The molecule has 0 aromatic carbocycles. The van der Waals surface area contributed by atoms with E-state index in [-0.39, 0.29) is 11.4 Å². The second kappa shape index (κ2) is 5.90. The van der Waals surface area contributed by atoms with Gasteiger partial charge in [0.25, 0.3) is 0 Å². The van der Waals surface area contributed by atoms with Gasteiger partial charge in [0.15, 0.2) is 0 Å². The van der Waals surface area contributed by atoms with Crippen LogP contribution in [0.2, 0.25) is 0 Å². The summed E-state index contributed by atoms with van der Waals surface area (Å²) in [5.41, 5.74) is 4.85. The Balaban J connectivity index is 2.16. The third-order valence-corrected chi connectivity index (χ3v) is 3.76. The molecular formula is C14H17F3N4. The van der Waals surface area contributed by atoms with Crippen LogP contribution >= 0.6 is 0 Å². The van der Waals surface area contributed by atoms with Crippen LogP contribution in [0.4, 0.5) is 19.0 Å². The maximum Gasteiger partial charge on any atom is 0.433 e. The minimum absolute atomic E-state index is 0.0530. The fourth-order valence-corrected chi connectivity index (χ4v) is 2.53. The number of aromatic nitrogens is 1. The van der Waals surface area contributed by atoms with Crippen molar-refractivity contribution in [2.45, 2.75) is 43.8 Å². The largest absolute Gasteiger partial charge is 0.433 e. The molecule has 1 aromatic rings. The second-order valence-corrected chi connectivity index (χ2v) is 5.48. The van der Waals surface area contributed by atoms with Gasteiger partial charge in [0, 0.05) is 12.1 Å². The van der Waals surface area contributed by atoms with Gasteiger partial charge in [0.2, 0.25) is 0 Å². The highest BCUT2D eigenvalue weighted by atomic mass is 19.4. The molecular weight excluding hydrogens is 281 g/mol. The number of nitriles is 1. The maximum atomic E-state index is 12.7. The zero-order valence-corrected chi connectivity index (χ0v) is 11.5. The van der Waals surface area contributed by atoms with Crippen LogP contribution in [-0.4, -0.2) is 17.1 Å². The fraction of sp³-hybridized carbons (Fsp3) is 0.571. The van der Waals surface area contributed by atoms with Gasteiger partial charge < -0.3 is 11.1 Å². The van der Waals surface area contributed by atoms with Gasteiger partial charge in [0.1, 0.15) is 17.6 Å². The SMILES string of the molecule is N#Cc1ccc(C(F)(F)F)nc1NCC1(N)CCCCC1. The summed E-state index contributed by atoms with van der Waals surface area (Å²) < 4.78 is 38.0. The van der Waals surface area contributed by atoms with Crippen molar-refractivity contribution >= 4 is 5.82 Å². The van der Waals surface area contributed by atoms with E-state index in [9.17, 15) is 13.2 Å². The van der Waals surface area contributed by atoms with Gasteiger partial charge in [-0.1, -0.05) is 19.3 Å². The summed E-state index contributed by atoms with van der Waals surface area (Å²) >= 11 is 0. The molecule has 1 saturated carbocycles. The lowest BCUT2D eigenvalue weighted by Crippen LogP contribution is -2.47. The normalized spacial score (nSPS) is 18.0. The summed E-state index contributed by atoms with van der Waals surface area (Å²) in [5.74, 6) is -0.0530. The number of rotatable bonds is 3. The Labute approximate surface area is 121 Å². The molecule has 0 bridgehead atoms. The Morgan fingerprint density at radius 1 is 1.29 bits per heavy atom. The molecule has 21 heavy (non-hydrogen) atoms. The van der Waals surface area contributed by atoms with E-state index >= 15 is 0 Å². The Hall–Kier alpha value is -1.81. The zero-order chi connectivity index (χ0) is 15.5. The minimum atomic E-state index is -4.53. The van der Waals surface area contributed by atoms with Gasteiger partial charge in [-0.2, -0.15) is 18.4 Å². The summed E-state index contributed by atoms with van der Waals surface area (Å²) in [6.07, 6.45) is 0.264. The Bertz CT molecular complexity index is 542. The predicted octanol–water partition coefficient (Wildman–Crippen LogP) is 3.05. The number of anilines is 1. The molecule has 7 heteroatoms. The van der Waals surface area contributed by atoms with E-state index in [1.54, 1.807) is 0 Å². The number of nitrogens with zero attached hydrogens (tertiary/aromatic N) is 2. The van der Waals surface area contributed by atoms with Crippen molar-refractivity contribution in [3.05, 3.63) is 23.4 Å². The van der Waals surface area contributed by atoms with E-state index in [0.717, 1.165) is 44.2 Å². The van der Waals surface area contributed by atoms with Gasteiger partial charge in [-0.25, -0.2) is 4.98 Å². The highest BCUT2D eigenvalue weighted by Crippen LogP contribution is 2.30. The molecule has 1 aliphatic carbocycles. The molecule has 0 amide bonds. The molecule has 0 unspecified atom stereocenters. The number of nitrogens with two attached hydrogens (primary N) is 1. The number of hydrogen-bond donors (Lipinski definition) is 2. The average molecular weight is 298 g/mol. The van der Waals surface area contributed by atoms with Crippen molar-refractivity contribution in [1.82, 2.24) is 4.98 Å². The first-order valence-corrected chi connectivity index (χ1v) is 6.85. The van der Waals surface area contributed by atoms with Crippen molar-refractivity contribution in [2.75, 3.05) is 11.9 Å². The van der Waals surface area contributed by atoms with Gasteiger partial charge in [-0.05, 0) is 25.0 Å². The number of alkyl halides is 3. The first-order chi connectivity index (χ1) is 9.84. The standard InChI is InChI=1S/C14H17F3N4/c15-14(16,17)11-5-4-10(8-18)12(21-11)20-9-13(19)6-2-1-3-7-13/h4-5H,1-3,6-7,9,19H2,(H,20,21). The molecule has 0 atom stereocenters. The quantitative estimate of drug-likeness (QED) is 0.899. The number of nitrogens with one attached hydrogen (secondary N) is 1. The minimum Gasteiger partial charge on any atom is -0.367 e. The van der Waals surface area contributed by atoms with Gasteiger partial charge in [0.05, 0.1) is 5.56 Å². The van der Waals surface area contributed by atoms with Crippen LogP contribution in [0, 0.1) is 11.3 Å². The second-order valence-electron chi connectivity index (χ2n) is 5.48. The topological polar surface area (TPSA) is 74.7 Å². The van der Waals surface area contributed by atoms with E-state index in [1.807, 2.05) is 6.07 Å². The lowest BCUT2D eigenvalue weighted by atomic mass is 9.82. The van der Waals surface area contributed by atoms with Crippen LogP contribution in [0.25, 0.3) is 0 Å². The molecule has 1 aliphatic rings. The zero-order valence-electron chi connectivity index (χ0n) is 11.5. The van der Waals surface area contributed by atoms with Crippen LogP contribution in [0.5, 0.6) is 0 Å². The number of hydrogen-bond acceptors (Lipinski definition) is 4. The number of pyridine rings is 1. The van der Waals surface area contributed by atoms with Gasteiger partial charge in [-0.3, -0.25) is 0 Å². The summed E-state index contributed by atoms with van der Waals surface area (Å²) in [7, 11) is 0. The van der Waals surface area contributed by atoms with Gasteiger partial charge in [-0.15, -0.1) is 0 Å². The first-order valence-electron chi connectivity index (χ1n) is 6.85. The molecule has 0 aliphatic heterocycles. The van der Waals surface area contributed by atoms with Crippen molar-refractivity contribution in [1.29, 1.82) is 5.26 Å². The monoisotopic (exact) mass is 298 g/mol. The average Bonchev–Trinajstić information content (AvgIpc) is 2.44. The van der Waals surface area contributed by atoms with E-state index in [2.05, 4.69) is 10.3 Å². The van der Waals surface area contributed by atoms with Crippen LogP contribution in [0.3, 0.4) is 0 Å². The summed E-state index contributed by atoms with van der Waals surface area (Å²) in [4.78, 5) is 3.52. The van der Waals surface area contributed by atoms with E-state index in [1.165, 1.54) is 0 Å². The maximum absolute atomic E-state index is 12.7. The fourth-order valence-electron chi connectivity index (χ4n) is 2.53. The molecule has 2 rings (SSSR count). The molecule has 1 aromatic heterocycles. The third-order valence-electron chi connectivity index (χ3n) is 3.76. The molecule has 3 N–H and O–H groups in total. The molecule has 0 radical (unpaired) electrons. The summed E-state index contributed by atoms with van der Waals surface area (Å²) in [6.45, 7) is 0.315. The van der Waals surface area contributed by atoms with Gasteiger partial charge >= 0.3 is 6.18 Å². The lowest BCUT2D eigenvalue weighted by Gasteiger charge is -2.33. The van der Waals surface area contributed by atoms with Crippen LogP contribution < -0.4 is 11.1 Å². The van der Waals surface area contributed by atoms with Crippen molar-refractivity contribution < 1.29 is 13.2 Å². The van der Waals surface area contributed by atoms with Crippen molar-refractivity contribution in [2.24, 2.45) is 5.73 Å². The molecule has 0 saturated heterocycles. The predicted molar refractivity (Wildman–Crippen MR) is 72.4 cm³/mol. The molecule has 4 nitrogen and oxygen atoms in total. The smallest absolute Gasteiger partial charge is 0.367 e. The molecule has 1 heterocycles. The van der Waals surface area contributed by atoms with E-state index in [0.29, 0.717) is 6.54 Å². The van der Waals surface area contributed by atoms with Crippen molar-refractivity contribution in [3.8, 4) is 6.07 Å². The lowest BCUT2D eigenvalue weighted by molar-refractivity contribution is -0.141. The van der Waals surface area contributed by atoms with Crippen LogP contribution in [-0.2, 0) is 6.18 Å². The Kier molecular flexibility index (Phi) is 4.37. The number of halogens is 3. The van der Waals surface area contributed by atoms with Crippen LogP contribution in [0.1, 0.15) is 43.4 Å². The highest BCUT2D eigenvalue weighted by Gasteiger charge is 2.33. The van der Waals surface area contributed by atoms with E-state index < -0.39 is 17.4 Å². The highest BCUT2D eigenvalue weighted by molar-refractivity contribution is 5.52. The summed E-state index contributed by atoms with van der Waals surface area (Å²) in [5, 5.41) is 11.8. The molecule has 1 fully saturated rings.